The van der Waals surface area contributed by atoms with Crippen molar-refractivity contribution < 1.29 is 4.42 Å². The Morgan fingerprint density at radius 2 is 2.38 bits per heavy atom. The van der Waals surface area contributed by atoms with E-state index in [1.165, 1.54) is 31.4 Å². The van der Waals surface area contributed by atoms with Gasteiger partial charge in [0.25, 0.3) is 0 Å². The first-order chi connectivity index (χ1) is 6.36. The molecule has 0 bridgehead atoms. The lowest BCUT2D eigenvalue weighted by atomic mass is 9.85. The van der Waals surface area contributed by atoms with Crippen molar-refractivity contribution in [3.63, 3.8) is 0 Å². The van der Waals surface area contributed by atoms with Crippen LogP contribution < -0.4 is 5.32 Å². The van der Waals surface area contributed by atoms with Gasteiger partial charge >= 0.3 is 0 Å². The molecule has 72 valence electrons. The third-order valence-corrected chi connectivity index (χ3v) is 2.94. The van der Waals surface area contributed by atoms with Crippen LogP contribution in [-0.2, 0) is 6.54 Å². The quantitative estimate of drug-likeness (QED) is 0.768. The van der Waals surface area contributed by atoms with Crippen molar-refractivity contribution in [1.82, 2.24) is 5.32 Å². The van der Waals surface area contributed by atoms with Gasteiger partial charge in [0.05, 0.1) is 6.26 Å². The summed E-state index contributed by atoms with van der Waals surface area (Å²) in [7, 11) is 0. The zero-order valence-electron chi connectivity index (χ0n) is 8.18. The maximum atomic E-state index is 5.22. The maximum Gasteiger partial charge on any atom is 0.105 e. The highest BCUT2D eigenvalue weighted by atomic mass is 16.3. The summed E-state index contributed by atoms with van der Waals surface area (Å²) in [6.07, 6.45) is 6.02. The van der Waals surface area contributed by atoms with Crippen LogP contribution in [0.1, 0.15) is 30.6 Å². The fraction of sp³-hybridized carbons (Fsp3) is 0.636. The van der Waals surface area contributed by atoms with Crippen LogP contribution in [0.5, 0.6) is 0 Å². The zero-order chi connectivity index (χ0) is 9.10. The molecule has 0 amide bonds. The SMILES string of the molecule is Cc1occc1CNCC1CCC1. The number of hydrogen-bond donors (Lipinski definition) is 1. The Balaban J connectivity index is 1.70. The van der Waals surface area contributed by atoms with Crippen LogP contribution >= 0.6 is 0 Å². The molecule has 13 heavy (non-hydrogen) atoms. The summed E-state index contributed by atoms with van der Waals surface area (Å²) in [5.74, 6) is 1.98. The molecule has 1 aromatic rings. The predicted molar refractivity (Wildman–Crippen MR) is 52.5 cm³/mol. The molecule has 2 rings (SSSR count). The Morgan fingerprint density at radius 1 is 1.54 bits per heavy atom. The highest BCUT2D eigenvalue weighted by Gasteiger charge is 2.16. The van der Waals surface area contributed by atoms with Gasteiger partial charge in [-0.2, -0.15) is 0 Å². The van der Waals surface area contributed by atoms with Crippen molar-refractivity contribution in [2.24, 2.45) is 5.92 Å². The number of rotatable bonds is 4. The molecule has 1 saturated carbocycles. The predicted octanol–water partition coefficient (Wildman–Crippen LogP) is 2.48. The second-order valence-corrected chi connectivity index (χ2v) is 3.93. The molecular weight excluding hydrogens is 162 g/mol. The van der Waals surface area contributed by atoms with E-state index in [0.717, 1.165) is 18.2 Å². The van der Waals surface area contributed by atoms with E-state index >= 15 is 0 Å². The molecule has 0 unspecified atom stereocenters. The van der Waals surface area contributed by atoms with Crippen LogP contribution in [0, 0.1) is 12.8 Å². The molecule has 2 nitrogen and oxygen atoms in total. The number of furan rings is 1. The molecule has 1 aromatic heterocycles. The molecule has 1 N–H and O–H groups in total. The Labute approximate surface area is 79.3 Å². The summed E-state index contributed by atoms with van der Waals surface area (Å²) in [6.45, 7) is 4.14. The minimum absolute atomic E-state index is 0.937. The average molecular weight is 179 g/mol. The Hall–Kier alpha value is -0.760. The van der Waals surface area contributed by atoms with Gasteiger partial charge in [0.15, 0.2) is 0 Å². The largest absolute Gasteiger partial charge is 0.469 e. The van der Waals surface area contributed by atoms with Gasteiger partial charge in [-0.15, -0.1) is 0 Å². The first kappa shape index (κ1) is 8.82. The van der Waals surface area contributed by atoms with E-state index in [9.17, 15) is 0 Å². The van der Waals surface area contributed by atoms with Crippen molar-refractivity contribution in [3.8, 4) is 0 Å². The highest BCUT2D eigenvalue weighted by molar-refractivity contribution is 5.14. The van der Waals surface area contributed by atoms with E-state index in [0.29, 0.717) is 0 Å². The van der Waals surface area contributed by atoms with Crippen molar-refractivity contribution >= 4 is 0 Å². The third-order valence-electron chi connectivity index (χ3n) is 2.94. The Morgan fingerprint density at radius 3 is 2.92 bits per heavy atom. The lowest BCUT2D eigenvalue weighted by molar-refractivity contribution is 0.301. The third kappa shape index (κ3) is 2.13. The van der Waals surface area contributed by atoms with Gasteiger partial charge in [0.1, 0.15) is 5.76 Å². The molecule has 1 aliphatic rings. The molecule has 0 aromatic carbocycles. The van der Waals surface area contributed by atoms with Gasteiger partial charge in [0, 0.05) is 12.1 Å². The van der Waals surface area contributed by atoms with E-state index in [1.807, 2.05) is 13.0 Å². The second kappa shape index (κ2) is 3.97. The van der Waals surface area contributed by atoms with Crippen molar-refractivity contribution in [2.45, 2.75) is 32.7 Å². The molecule has 1 fully saturated rings. The monoisotopic (exact) mass is 179 g/mol. The standard InChI is InChI=1S/C11H17NO/c1-9-11(5-6-13-9)8-12-7-10-3-2-4-10/h5-6,10,12H,2-4,7-8H2,1H3. The summed E-state index contributed by atoms with van der Waals surface area (Å²) in [4.78, 5) is 0. The van der Waals surface area contributed by atoms with Gasteiger partial charge in [-0.05, 0) is 38.3 Å². The Kier molecular flexibility index (Phi) is 2.69. The fourth-order valence-electron chi connectivity index (χ4n) is 1.70. The number of hydrogen-bond acceptors (Lipinski definition) is 2. The van der Waals surface area contributed by atoms with Crippen LogP contribution in [0.15, 0.2) is 16.7 Å². The highest BCUT2D eigenvalue weighted by Crippen LogP contribution is 2.25. The smallest absolute Gasteiger partial charge is 0.105 e. The normalized spacial score (nSPS) is 17.3. The average Bonchev–Trinajstić information content (AvgIpc) is 2.42. The van der Waals surface area contributed by atoms with E-state index in [-0.39, 0.29) is 0 Å². The van der Waals surface area contributed by atoms with Crippen LogP contribution in [0.3, 0.4) is 0 Å². The van der Waals surface area contributed by atoms with E-state index in [4.69, 9.17) is 4.42 Å². The Bertz CT molecular complexity index is 263. The van der Waals surface area contributed by atoms with Gasteiger partial charge in [-0.3, -0.25) is 0 Å². The van der Waals surface area contributed by atoms with Crippen molar-refractivity contribution in [1.29, 1.82) is 0 Å². The summed E-state index contributed by atoms with van der Waals surface area (Å²) >= 11 is 0. The molecule has 0 aliphatic heterocycles. The van der Waals surface area contributed by atoms with Crippen molar-refractivity contribution in [2.75, 3.05) is 6.54 Å². The summed E-state index contributed by atoms with van der Waals surface area (Å²) in [6, 6.07) is 2.04. The number of aryl methyl sites for hydroxylation is 1. The van der Waals surface area contributed by atoms with Crippen LogP contribution in [0.4, 0.5) is 0 Å². The van der Waals surface area contributed by atoms with Gasteiger partial charge in [-0.1, -0.05) is 6.42 Å². The van der Waals surface area contributed by atoms with Gasteiger partial charge < -0.3 is 9.73 Å². The molecular formula is C11H17NO. The minimum Gasteiger partial charge on any atom is -0.469 e. The fourth-order valence-corrected chi connectivity index (χ4v) is 1.70. The summed E-state index contributed by atoms with van der Waals surface area (Å²) in [5.41, 5.74) is 1.29. The van der Waals surface area contributed by atoms with Crippen LogP contribution in [-0.4, -0.2) is 6.54 Å². The lowest BCUT2D eigenvalue weighted by Crippen LogP contribution is -2.26. The minimum atomic E-state index is 0.937. The van der Waals surface area contributed by atoms with Crippen molar-refractivity contribution in [3.05, 3.63) is 23.7 Å². The van der Waals surface area contributed by atoms with Gasteiger partial charge in [0.2, 0.25) is 0 Å². The number of nitrogens with one attached hydrogen (secondary N) is 1. The zero-order valence-corrected chi connectivity index (χ0v) is 8.18. The van der Waals surface area contributed by atoms with Crippen LogP contribution in [0.25, 0.3) is 0 Å². The molecule has 0 saturated heterocycles. The van der Waals surface area contributed by atoms with Crippen LogP contribution in [0.2, 0.25) is 0 Å². The molecule has 0 atom stereocenters. The molecule has 0 radical (unpaired) electrons. The molecule has 1 aliphatic carbocycles. The van der Waals surface area contributed by atoms with Gasteiger partial charge in [-0.25, -0.2) is 0 Å². The maximum absolute atomic E-state index is 5.22. The summed E-state index contributed by atoms with van der Waals surface area (Å²) < 4.78 is 5.22. The first-order valence-corrected chi connectivity index (χ1v) is 5.10. The first-order valence-electron chi connectivity index (χ1n) is 5.10. The molecule has 0 spiro atoms. The van der Waals surface area contributed by atoms with E-state index in [2.05, 4.69) is 5.32 Å². The topological polar surface area (TPSA) is 25.2 Å². The second-order valence-electron chi connectivity index (χ2n) is 3.93. The van der Waals surface area contributed by atoms with E-state index < -0.39 is 0 Å². The molecule has 1 heterocycles. The van der Waals surface area contributed by atoms with E-state index in [1.54, 1.807) is 6.26 Å². The summed E-state index contributed by atoms with van der Waals surface area (Å²) in [5, 5.41) is 3.47. The lowest BCUT2D eigenvalue weighted by Gasteiger charge is -2.25. The molecule has 2 heteroatoms.